The molecule has 0 spiro atoms. The van der Waals surface area contributed by atoms with Gasteiger partial charge < -0.3 is 10.6 Å². The monoisotopic (exact) mass is 469 g/mol. The van der Waals surface area contributed by atoms with Crippen molar-refractivity contribution < 1.29 is 0 Å². The van der Waals surface area contributed by atoms with Crippen molar-refractivity contribution in [1.82, 2.24) is 20.4 Å². The van der Waals surface area contributed by atoms with Crippen molar-refractivity contribution in [3.05, 3.63) is 52.8 Å². The maximum Gasteiger partial charge on any atom is 0.191 e. The van der Waals surface area contributed by atoms with E-state index in [-0.39, 0.29) is 24.0 Å². The first-order chi connectivity index (χ1) is 12.0. The van der Waals surface area contributed by atoms with Crippen molar-refractivity contribution in [2.24, 2.45) is 10.9 Å². The zero-order chi connectivity index (χ0) is 18.2. The van der Waals surface area contributed by atoms with Gasteiger partial charge in [-0.2, -0.15) is 5.10 Å². The minimum atomic E-state index is 0. The number of benzene rings is 1. The second-order valence-corrected chi connectivity index (χ2v) is 6.64. The number of hydrogen-bond donors (Lipinski definition) is 2. The largest absolute Gasteiger partial charge is 0.356 e. The predicted molar refractivity (Wildman–Crippen MR) is 120 cm³/mol. The minimum Gasteiger partial charge on any atom is -0.356 e. The van der Waals surface area contributed by atoms with Crippen LogP contribution in [0.1, 0.15) is 36.4 Å². The Morgan fingerprint density at radius 2 is 1.88 bits per heavy atom. The third-order valence-electron chi connectivity index (χ3n) is 4.38. The van der Waals surface area contributed by atoms with E-state index in [1.54, 1.807) is 0 Å². The fourth-order valence-electron chi connectivity index (χ4n) is 2.96. The van der Waals surface area contributed by atoms with E-state index in [2.05, 4.69) is 76.5 Å². The van der Waals surface area contributed by atoms with Crippen molar-refractivity contribution in [2.45, 2.75) is 47.2 Å². The van der Waals surface area contributed by atoms with E-state index in [0.29, 0.717) is 5.92 Å². The zero-order valence-electron chi connectivity index (χ0n) is 16.5. The second kappa shape index (κ2) is 11.2. The van der Waals surface area contributed by atoms with Gasteiger partial charge in [0.15, 0.2) is 5.96 Å². The van der Waals surface area contributed by atoms with Crippen LogP contribution in [0, 0.1) is 19.8 Å². The van der Waals surface area contributed by atoms with Crippen LogP contribution in [0.4, 0.5) is 0 Å². The van der Waals surface area contributed by atoms with Crippen molar-refractivity contribution in [1.29, 1.82) is 0 Å². The first-order valence-corrected chi connectivity index (χ1v) is 9.05. The van der Waals surface area contributed by atoms with Crippen molar-refractivity contribution in [2.75, 3.05) is 13.6 Å². The summed E-state index contributed by atoms with van der Waals surface area (Å²) in [6.07, 6.45) is 1.05. The van der Waals surface area contributed by atoms with E-state index in [9.17, 15) is 0 Å². The molecule has 0 aliphatic rings. The van der Waals surface area contributed by atoms with E-state index in [0.717, 1.165) is 37.7 Å². The highest BCUT2D eigenvalue weighted by atomic mass is 127. The molecule has 1 aromatic carbocycles. The second-order valence-electron chi connectivity index (χ2n) is 6.64. The molecule has 0 fully saturated rings. The number of hydrogen-bond acceptors (Lipinski definition) is 2. The highest BCUT2D eigenvalue weighted by Crippen LogP contribution is 2.09. The molecule has 0 bridgehead atoms. The molecule has 5 nitrogen and oxygen atoms in total. The maximum atomic E-state index is 4.54. The van der Waals surface area contributed by atoms with E-state index in [1.807, 2.05) is 14.0 Å². The number of aliphatic imine (C=N–C) groups is 1. The van der Waals surface area contributed by atoms with E-state index >= 15 is 0 Å². The number of nitrogens with zero attached hydrogens (tertiary/aromatic N) is 3. The molecule has 0 saturated heterocycles. The maximum absolute atomic E-state index is 4.54. The Kier molecular flexibility index (Phi) is 9.69. The van der Waals surface area contributed by atoms with E-state index in [4.69, 9.17) is 0 Å². The molecule has 6 heteroatoms. The lowest BCUT2D eigenvalue weighted by molar-refractivity contribution is 0.436. The summed E-state index contributed by atoms with van der Waals surface area (Å²) in [7, 11) is 1.81. The first-order valence-electron chi connectivity index (χ1n) is 9.05. The van der Waals surface area contributed by atoms with Crippen LogP contribution < -0.4 is 10.6 Å². The van der Waals surface area contributed by atoms with Crippen LogP contribution in [0.3, 0.4) is 0 Å². The number of aryl methyl sites for hydroxylation is 3. The molecule has 0 radical (unpaired) electrons. The first kappa shape index (κ1) is 22.5. The van der Waals surface area contributed by atoms with Gasteiger partial charge in [-0.3, -0.25) is 9.67 Å². The topological polar surface area (TPSA) is 54.2 Å². The van der Waals surface area contributed by atoms with Crippen LogP contribution in [0.5, 0.6) is 0 Å². The van der Waals surface area contributed by atoms with Crippen LogP contribution in [-0.4, -0.2) is 29.3 Å². The quantitative estimate of drug-likeness (QED) is 0.370. The summed E-state index contributed by atoms with van der Waals surface area (Å²) in [6.45, 7) is 11.1. The molecule has 2 rings (SSSR count). The Hall–Kier alpha value is -1.57. The normalized spacial score (nSPS) is 12.4. The Morgan fingerprint density at radius 1 is 1.19 bits per heavy atom. The molecule has 26 heavy (non-hydrogen) atoms. The SMILES string of the molecule is CCc1ccccc1CNC(=NC)NCC(C)Cn1nc(C)cc1C.I. The number of halogens is 1. The number of nitrogens with one attached hydrogen (secondary N) is 2. The minimum absolute atomic E-state index is 0. The molecule has 0 aliphatic carbocycles. The van der Waals surface area contributed by atoms with Gasteiger partial charge in [-0.25, -0.2) is 0 Å². The third-order valence-corrected chi connectivity index (χ3v) is 4.38. The number of rotatable bonds is 7. The Morgan fingerprint density at radius 3 is 2.46 bits per heavy atom. The predicted octanol–water partition coefficient (Wildman–Crippen LogP) is 3.68. The molecule has 1 aromatic heterocycles. The molecule has 2 aromatic rings. The standard InChI is InChI=1S/C20H31N5.HI/c1-6-18-9-7-8-10-19(18)13-23-20(21-5)22-12-15(2)14-25-17(4)11-16(3)24-25;/h7-11,15H,6,12-14H2,1-5H3,(H2,21,22,23);1H. The van der Waals surface area contributed by atoms with Crippen LogP contribution in [-0.2, 0) is 19.5 Å². The van der Waals surface area contributed by atoms with Gasteiger partial charge in [0.25, 0.3) is 0 Å². The van der Waals surface area contributed by atoms with E-state index < -0.39 is 0 Å². The molecule has 1 atom stereocenters. The Bertz CT molecular complexity index is 708. The molecular formula is C20H32IN5. The third kappa shape index (κ3) is 6.63. The summed E-state index contributed by atoms with van der Waals surface area (Å²) in [5.74, 6) is 1.30. The van der Waals surface area contributed by atoms with E-state index in [1.165, 1.54) is 16.8 Å². The van der Waals surface area contributed by atoms with Crippen LogP contribution >= 0.6 is 24.0 Å². The van der Waals surface area contributed by atoms with Gasteiger partial charge in [-0.1, -0.05) is 38.1 Å². The summed E-state index contributed by atoms with van der Waals surface area (Å²) in [5.41, 5.74) is 4.99. The lowest BCUT2D eigenvalue weighted by atomic mass is 10.1. The molecule has 144 valence electrons. The molecule has 0 saturated carbocycles. The van der Waals surface area contributed by atoms with Gasteiger partial charge in [-0.15, -0.1) is 24.0 Å². The van der Waals surface area contributed by atoms with Gasteiger partial charge >= 0.3 is 0 Å². The lowest BCUT2D eigenvalue weighted by Gasteiger charge is -2.17. The summed E-state index contributed by atoms with van der Waals surface area (Å²) in [6, 6.07) is 10.7. The fraction of sp³-hybridized carbons (Fsp3) is 0.500. The summed E-state index contributed by atoms with van der Waals surface area (Å²) in [4.78, 5) is 4.33. The van der Waals surface area contributed by atoms with Crippen LogP contribution in [0.2, 0.25) is 0 Å². The molecule has 2 N–H and O–H groups in total. The molecule has 1 heterocycles. The average Bonchev–Trinajstić information content (AvgIpc) is 2.92. The average molecular weight is 469 g/mol. The van der Waals surface area contributed by atoms with Gasteiger partial charge in [0.05, 0.1) is 5.69 Å². The van der Waals surface area contributed by atoms with Crippen molar-refractivity contribution in [3.63, 3.8) is 0 Å². The van der Waals surface area contributed by atoms with Crippen molar-refractivity contribution in [3.8, 4) is 0 Å². The molecule has 1 unspecified atom stereocenters. The van der Waals surface area contributed by atoms with Gasteiger partial charge in [0, 0.05) is 32.4 Å². The summed E-state index contributed by atoms with van der Waals surface area (Å²) >= 11 is 0. The van der Waals surface area contributed by atoms with Gasteiger partial charge in [-0.05, 0) is 43.4 Å². The van der Waals surface area contributed by atoms with Gasteiger partial charge in [0.1, 0.15) is 0 Å². The zero-order valence-corrected chi connectivity index (χ0v) is 18.9. The van der Waals surface area contributed by atoms with Crippen LogP contribution in [0.15, 0.2) is 35.3 Å². The summed E-state index contributed by atoms with van der Waals surface area (Å²) in [5, 5.41) is 11.4. The fourth-order valence-corrected chi connectivity index (χ4v) is 2.96. The number of guanidine groups is 1. The van der Waals surface area contributed by atoms with Crippen molar-refractivity contribution >= 4 is 29.9 Å². The number of aromatic nitrogens is 2. The van der Waals surface area contributed by atoms with Crippen LogP contribution in [0.25, 0.3) is 0 Å². The highest BCUT2D eigenvalue weighted by molar-refractivity contribution is 14.0. The molecular weight excluding hydrogens is 437 g/mol. The molecule has 0 aliphatic heterocycles. The molecule has 0 amide bonds. The van der Waals surface area contributed by atoms with Gasteiger partial charge in [0.2, 0.25) is 0 Å². The Labute approximate surface area is 174 Å². The Balaban J connectivity index is 0.00000338. The smallest absolute Gasteiger partial charge is 0.191 e. The highest BCUT2D eigenvalue weighted by Gasteiger charge is 2.08. The lowest BCUT2D eigenvalue weighted by Crippen LogP contribution is -2.39. The summed E-state index contributed by atoms with van der Waals surface area (Å²) < 4.78 is 2.08.